The first-order valence-corrected chi connectivity index (χ1v) is 13.0. The predicted molar refractivity (Wildman–Crippen MR) is 132 cm³/mol. The fourth-order valence-corrected chi connectivity index (χ4v) is 6.34. The number of β-lactam (4-membered cyclic amide) rings is 1. The van der Waals surface area contributed by atoms with Crippen molar-refractivity contribution in [2.24, 2.45) is 5.73 Å². The van der Waals surface area contributed by atoms with E-state index in [1.165, 1.54) is 40.6 Å². The fraction of sp³-hybridized carbons (Fsp3) is 0.227. The van der Waals surface area contributed by atoms with Crippen molar-refractivity contribution in [1.82, 2.24) is 10.2 Å². The van der Waals surface area contributed by atoms with E-state index in [0.29, 0.717) is 31.8 Å². The van der Waals surface area contributed by atoms with Gasteiger partial charge in [0.15, 0.2) is 18.9 Å². The lowest BCUT2D eigenvalue weighted by Crippen LogP contribution is -2.70. The SMILES string of the molecule is NC(=O)c1cc[n+](CC2=C(C(=O)O)N3C(=O)[C@@H](NC(=O)CSc4cc(Cl)ccc4Cl)[C@H]3SC2)cc1. The standard InChI is InChI=1S/C22H18Cl2N4O5S2/c23-13-1-2-14(24)15(7-13)34-10-16(29)26-17-20(31)28-18(22(32)33)12(9-35-21(17)28)8-27-5-3-11(4-6-27)19(25)30/h1-7,17,21H,8-10H2,(H3-,25,26,29,30,32,33)/p+1/t17-,21-/m1/s1. The van der Waals surface area contributed by atoms with Gasteiger partial charge in [-0.05, 0) is 18.2 Å². The number of primary amides is 1. The summed E-state index contributed by atoms with van der Waals surface area (Å²) in [7, 11) is 0. The summed E-state index contributed by atoms with van der Waals surface area (Å²) in [6.07, 6.45) is 3.24. The van der Waals surface area contributed by atoms with Crippen LogP contribution in [0.15, 0.2) is 58.9 Å². The molecule has 1 saturated heterocycles. The van der Waals surface area contributed by atoms with Crippen LogP contribution in [0.1, 0.15) is 10.4 Å². The first kappa shape index (κ1) is 25.4. The van der Waals surface area contributed by atoms with Crippen LogP contribution in [0.25, 0.3) is 0 Å². The average molecular weight is 554 g/mol. The molecular formula is C22H19Cl2N4O5S2+. The lowest BCUT2D eigenvalue weighted by Gasteiger charge is -2.49. The minimum absolute atomic E-state index is 0.0199. The summed E-state index contributed by atoms with van der Waals surface area (Å²) in [6, 6.07) is 7.19. The van der Waals surface area contributed by atoms with E-state index in [0.717, 1.165) is 0 Å². The number of nitrogens with zero attached hydrogens (tertiary/aromatic N) is 2. The van der Waals surface area contributed by atoms with Crippen LogP contribution < -0.4 is 15.6 Å². The molecule has 13 heteroatoms. The van der Waals surface area contributed by atoms with Gasteiger partial charge < -0.3 is 16.2 Å². The number of hydrogen-bond donors (Lipinski definition) is 3. The predicted octanol–water partition coefficient (Wildman–Crippen LogP) is 1.91. The van der Waals surface area contributed by atoms with Gasteiger partial charge in [0.1, 0.15) is 17.1 Å². The van der Waals surface area contributed by atoms with Gasteiger partial charge in [0.25, 0.3) is 5.91 Å². The molecule has 0 unspecified atom stereocenters. The highest BCUT2D eigenvalue weighted by atomic mass is 35.5. The Bertz CT molecular complexity index is 1250. The number of carboxylic acids is 1. The second kappa shape index (κ2) is 10.5. The topological polar surface area (TPSA) is 134 Å². The molecular weight excluding hydrogens is 535 g/mol. The van der Waals surface area contributed by atoms with Crippen LogP contribution in [-0.4, -0.2) is 56.6 Å². The third-order valence-electron chi connectivity index (χ3n) is 5.37. The second-order valence-electron chi connectivity index (χ2n) is 7.70. The van der Waals surface area contributed by atoms with Crippen molar-refractivity contribution in [3.05, 3.63) is 69.6 Å². The van der Waals surface area contributed by atoms with E-state index < -0.39 is 29.2 Å². The summed E-state index contributed by atoms with van der Waals surface area (Å²) in [6.45, 7) is 0.220. The van der Waals surface area contributed by atoms with Gasteiger partial charge in [-0.1, -0.05) is 23.2 Å². The quantitative estimate of drug-likeness (QED) is 0.258. The summed E-state index contributed by atoms with van der Waals surface area (Å²) in [4.78, 5) is 50.5. The van der Waals surface area contributed by atoms with Crippen molar-refractivity contribution < 1.29 is 28.9 Å². The van der Waals surface area contributed by atoms with Gasteiger partial charge in [-0.2, -0.15) is 0 Å². The Kier molecular flexibility index (Phi) is 7.60. The molecule has 2 atom stereocenters. The maximum Gasteiger partial charge on any atom is 0.352 e. The zero-order valence-electron chi connectivity index (χ0n) is 17.9. The van der Waals surface area contributed by atoms with Crippen LogP contribution in [0.2, 0.25) is 10.0 Å². The van der Waals surface area contributed by atoms with E-state index in [9.17, 15) is 24.3 Å². The number of nitrogens with one attached hydrogen (secondary N) is 1. The van der Waals surface area contributed by atoms with E-state index >= 15 is 0 Å². The lowest BCUT2D eigenvalue weighted by atomic mass is 10.0. The van der Waals surface area contributed by atoms with E-state index in [1.54, 1.807) is 35.2 Å². The van der Waals surface area contributed by atoms with Gasteiger partial charge >= 0.3 is 5.97 Å². The molecule has 9 nitrogen and oxygen atoms in total. The highest BCUT2D eigenvalue weighted by molar-refractivity contribution is 8.00. The Morgan fingerprint density at radius 2 is 1.94 bits per heavy atom. The van der Waals surface area contributed by atoms with Crippen molar-refractivity contribution in [2.75, 3.05) is 11.5 Å². The first-order valence-electron chi connectivity index (χ1n) is 10.2. The van der Waals surface area contributed by atoms with Crippen molar-refractivity contribution in [3.63, 3.8) is 0 Å². The molecule has 0 spiro atoms. The molecule has 2 aliphatic rings. The number of nitrogens with two attached hydrogens (primary N) is 1. The Labute approximate surface area is 218 Å². The van der Waals surface area contributed by atoms with Gasteiger partial charge in [0, 0.05) is 33.4 Å². The number of hydrogen-bond acceptors (Lipinski definition) is 6. The number of amides is 3. The zero-order valence-corrected chi connectivity index (χ0v) is 21.1. The number of pyridine rings is 1. The molecule has 4 rings (SSSR count). The molecule has 1 fully saturated rings. The monoisotopic (exact) mass is 553 g/mol. The summed E-state index contributed by atoms with van der Waals surface area (Å²) in [5.74, 6) is -2.26. The number of rotatable bonds is 8. The summed E-state index contributed by atoms with van der Waals surface area (Å²) < 4.78 is 1.70. The molecule has 182 valence electrons. The highest BCUT2D eigenvalue weighted by Crippen LogP contribution is 2.40. The molecule has 1 aromatic carbocycles. The molecule has 3 amide bonds. The average Bonchev–Trinajstić information content (AvgIpc) is 2.83. The molecule has 35 heavy (non-hydrogen) atoms. The second-order valence-corrected chi connectivity index (χ2v) is 10.7. The van der Waals surface area contributed by atoms with Gasteiger partial charge in [0.2, 0.25) is 11.8 Å². The summed E-state index contributed by atoms with van der Waals surface area (Å²) >= 11 is 14.7. The van der Waals surface area contributed by atoms with E-state index in [2.05, 4.69) is 5.32 Å². The van der Waals surface area contributed by atoms with Gasteiger partial charge in [-0.15, -0.1) is 23.5 Å². The molecule has 0 aliphatic carbocycles. The van der Waals surface area contributed by atoms with Crippen LogP contribution in [0.4, 0.5) is 0 Å². The maximum atomic E-state index is 12.8. The smallest absolute Gasteiger partial charge is 0.352 e. The number of carbonyl (C=O) groups is 4. The minimum atomic E-state index is -1.22. The number of thioether (sulfide) groups is 2. The molecule has 0 radical (unpaired) electrons. The van der Waals surface area contributed by atoms with Crippen molar-refractivity contribution in [2.45, 2.75) is 22.9 Å². The fourth-order valence-electron chi connectivity index (χ4n) is 3.70. The number of benzene rings is 1. The van der Waals surface area contributed by atoms with Gasteiger partial charge in [-0.25, -0.2) is 9.36 Å². The van der Waals surface area contributed by atoms with Gasteiger partial charge in [-0.3, -0.25) is 19.3 Å². The van der Waals surface area contributed by atoms with E-state index in [1.807, 2.05) is 0 Å². The number of aliphatic carboxylic acids is 1. The minimum Gasteiger partial charge on any atom is -0.477 e. The molecule has 2 aromatic rings. The maximum absolute atomic E-state index is 12.8. The van der Waals surface area contributed by atoms with Crippen LogP contribution in [0, 0.1) is 0 Å². The van der Waals surface area contributed by atoms with Crippen molar-refractivity contribution in [3.8, 4) is 0 Å². The van der Waals surface area contributed by atoms with Gasteiger partial charge in [0.05, 0.1) is 16.3 Å². The van der Waals surface area contributed by atoms with Crippen LogP contribution >= 0.6 is 46.7 Å². The summed E-state index contributed by atoms with van der Waals surface area (Å²) in [5.41, 5.74) is 6.04. The largest absolute Gasteiger partial charge is 0.477 e. The molecule has 4 N–H and O–H groups in total. The zero-order chi connectivity index (χ0) is 25.3. The molecule has 0 bridgehead atoms. The molecule has 3 heterocycles. The van der Waals surface area contributed by atoms with Crippen molar-refractivity contribution in [1.29, 1.82) is 0 Å². The third kappa shape index (κ3) is 5.43. The first-order chi connectivity index (χ1) is 16.7. The van der Waals surface area contributed by atoms with E-state index in [4.69, 9.17) is 28.9 Å². The lowest BCUT2D eigenvalue weighted by molar-refractivity contribution is -0.689. The molecule has 0 saturated carbocycles. The number of carbonyl (C=O) groups excluding carboxylic acids is 3. The summed E-state index contributed by atoms with van der Waals surface area (Å²) in [5, 5.41) is 13.0. The number of aromatic nitrogens is 1. The number of fused-ring (bicyclic) bond motifs is 1. The number of carboxylic acid groups (broad SMARTS) is 1. The molecule has 1 aromatic heterocycles. The Morgan fingerprint density at radius 3 is 2.60 bits per heavy atom. The Hall–Kier alpha value is -2.73. The Balaban J connectivity index is 1.42. The normalized spacial score (nSPS) is 19.1. The third-order valence-corrected chi connectivity index (χ3v) is 8.44. The van der Waals surface area contributed by atoms with Crippen molar-refractivity contribution >= 4 is 70.4 Å². The molecule has 2 aliphatic heterocycles. The van der Waals surface area contributed by atoms with E-state index in [-0.39, 0.29) is 23.9 Å². The Morgan fingerprint density at radius 1 is 1.23 bits per heavy atom. The van der Waals surface area contributed by atoms with Crippen LogP contribution in [0.5, 0.6) is 0 Å². The number of halogens is 2. The van der Waals surface area contributed by atoms with Crippen LogP contribution in [-0.2, 0) is 20.9 Å². The highest BCUT2D eigenvalue weighted by Gasteiger charge is 2.54. The van der Waals surface area contributed by atoms with Crippen LogP contribution in [0.3, 0.4) is 0 Å².